The first-order valence-electron chi connectivity index (χ1n) is 9.84. The lowest BCUT2D eigenvalue weighted by atomic mass is 10.1. The van der Waals surface area contributed by atoms with Gasteiger partial charge in [0.1, 0.15) is 0 Å². The summed E-state index contributed by atoms with van der Waals surface area (Å²) in [6, 6.07) is 10.1. The van der Waals surface area contributed by atoms with Gasteiger partial charge >= 0.3 is 11.9 Å². The van der Waals surface area contributed by atoms with Gasteiger partial charge in [0.25, 0.3) is 0 Å². The van der Waals surface area contributed by atoms with Crippen molar-refractivity contribution in [1.82, 2.24) is 10.2 Å². The van der Waals surface area contributed by atoms with E-state index in [1.54, 1.807) is 0 Å². The molecule has 2 saturated heterocycles. The first kappa shape index (κ1) is 25.1. The third kappa shape index (κ3) is 8.94. The van der Waals surface area contributed by atoms with Crippen molar-refractivity contribution < 1.29 is 23.8 Å². The molecule has 29 heavy (non-hydrogen) atoms. The highest BCUT2D eigenvalue weighted by Gasteiger charge is 2.28. The molecule has 2 aliphatic rings. The van der Waals surface area contributed by atoms with E-state index < -0.39 is 0 Å². The summed E-state index contributed by atoms with van der Waals surface area (Å²) in [5.74, 6) is -0.0261. The Hall–Kier alpha value is -1.96. The number of nitrogens with zero attached hydrogens (tertiary/aromatic N) is 1. The van der Waals surface area contributed by atoms with Gasteiger partial charge in [-0.3, -0.25) is 9.59 Å². The van der Waals surface area contributed by atoms with Gasteiger partial charge in [-0.2, -0.15) is 0 Å². The Morgan fingerprint density at radius 1 is 1.07 bits per heavy atom. The van der Waals surface area contributed by atoms with Gasteiger partial charge < -0.3 is 24.4 Å². The number of ether oxygens (including phenoxy) is 3. The maximum atomic E-state index is 11.4. The van der Waals surface area contributed by atoms with Crippen molar-refractivity contribution in [3.8, 4) is 0 Å². The lowest BCUT2D eigenvalue weighted by molar-refractivity contribution is -0.145. The molecule has 164 valence electrons. The van der Waals surface area contributed by atoms with E-state index >= 15 is 0 Å². The number of carbonyl (C=O) groups is 2. The summed E-state index contributed by atoms with van der Waals surface area (Å²) < 4.78 is 15.0. The van der Waals surface area contributed by atoms with Crippen LogP contribution in [0, 0.1) is 11.8 Å². The Morgan fingerprint density at radius 3 is 2.38 bits per heavy atom. The molecule has 7 nitrogen and oxygen atoms in total. The van der Waals surface area contributed by atoms with Crippen LogP contribution in [0.2, 0.25) is 0 Å². The number of hydrogen-bond acceptors (Lipinski definition) is 7. The molecule has 2 aliphatic heterocycles. The monoisotopic (exact) mass is 408 g/mol. The van der Waals surface area contributed by atoms with Crippen molar-refractivity contribution in [2.75, 3.05) is 53.6 Å². The second kappa shape index (κ2) is 14.1. The molecule has 3 rings (SSSR count). The number of benzene rings is 1. The second-order valence-electron chi connectivity index (χ2n) is 7.06. The molecule has 2 atom stereocenters. The maximum absolute atomic E-state index is 11.4. The van der Waals surface area contributed by atoms with Gasteiger partial charge in [-0.15, -0.1) is 0 Å². The molecule has 0 aromatic heterocycles. The van der Waals surface area contributed by atoms with Crippen LogP contribution >= 0.6 is 0 Å². The number of carbonyl (C=O) groups excluding carboxylic acids is 2. The summed E-state index contributed by atoms with van der Waals surface area (Å²) >= 11 is 0. The van der Waals surface area contributed by atoms with Crippen molar-refractivity contribution in [2.24, 2.45) is 11.8 Å². The van der Waals surface area contributed by atoms with Crippen LogP contribution in [-0.2, 0) is 30.4 Å². The zero-order chi connectivity index (χ0) is 20.2. The van der Waals surface area contributed by atoms with Crippen LogP contribution in [0.4, 0.5) is 0 Å². The summed E-state index contributed by atoms with van der Waals surface area (Å²) in [5.41, 5.74) is 1.19. The standard InChI is InChI=1S/C15H21NO3.C6H11NO2.CH4/c1-18-15(17)14-7-8-16(11-14)9-10-19-12-13-5-3-2-4-6-13;1-9-6(8)5-2-3-7-4-5;/h2-6,14H,7-12H2,1H3;5,7H,2-4H2,1H3;1H4. The van der Waals surface area contributed by atoms with Crippen LogP contribution in [0.5, 0.6) is 0 Å². The largest absolute Gasteiger partial charge is 0.469 e. The quantitative estimate of drug-likeness (QED) is 0.547. The molecular formula is C22H36N2O5. The van der Waals surface area contributed by atoms with E-state index in [1.807, 2.05) is 18.2 Å². The van der Waals surface area contributed by atoms with Crippen LogP contribution in [0.25, 0.3) is 0 Å². The van der Waals surface area contributed by atoms with E-state index in [2.05, 4.69) is 27.1 Å². The Kier molecular flexibility index (Phi) is 12.2. The van der Waals surface area contributed by atoms with Crippen molar-refractivity contribution in [1.29, 1.82) is 0 Å². The number of methoxy groups -OCH3 is 2. The molecule has 2 heterocycles. The zero-order valence-electron chi connectivity index (χ0n) is 16.9. The molecule has 2 fully saturated rings. The van der Waals surface area contributed by atoms with E-state index in [4.69, 9.17) is 9.47 Å². The average molecular weight is 409 g/mol. The fourth-order valence-corrected chi connectivity index (χ4v) is 3.38. The highest BCUT2D eigenvalue weighted by Crippen LogP contribution is 2.17. The minimum atomic E-state index is -0.0901. The predicted octanol–water partition coefficient (Wildman–Crippen LogP) is 2.10. The van der Waals surface area contributed by atoms with Gasteiger partial charge in [-0.1, -0.05) is 37.8 Å². The molecule has 1 aromatic rings. The highest BCUT2D eigenvalue weighted by molar-refractivity contribution is 5.73. The molecule has 7 heteroatoms. The first-order valence-corrected chi connectivity index (χ1v) is 9.84. The van der Waals surface area contributed by atoms with Gasteiger partial charge in [-0.05, 0) is 31.5 Å². The SMILES string of the molecule is C.COC(=O)C1CCN(CCOCc2ccccc2)C1.COC(=O)C1CCNC1. The van der Waals surface area contributed by atoms with Crippen molar-refractivity contribution >= 4 is 11.9 Å². The summed E-state index contributed by atoms with van der Waals surface area (Å²) in [6.07, 6.45) is 1.82. The molecular weight excluding hydrogens is 372 g/mol. The van der Waals surface area contributed by atoms with Gasteiger partial charge in [0.2, 0.25) is 0 Å². The van der Waals surface area contributed by atoms with E-state index in [9.17, 15) is 9.59 Å². The normalized spacial score (nSPS) is 20.9. The van der Waals surface area contributed by atoms with Crippen LogP contribution in [0.1, 0.15) is 25.8 Å². The van der Waals surface area contributed by atoms with Gasteiger partial charge in [-0.25, -0.2) is 0 Å². The summed E-state index contributed by atoms with van der Waals surface area (Å²) in [6.45, 7) is 5.69. The minimum absolute atomic E-state index is 0. The molecule has 1 N–H and O–H groups in total. The third-order valence-corrected chi connectivity index (χ3v) is 5.07. The Balaban J connectivity index is 0.000000355. The fraction of sp³-hybridized carbons (Fsp3) is 0.636. The average Bonchev–Trinajstić information content (AvgIpc) is 3.43. The molecule has 0 radical (unpaired) electrons. The Bertz CT molecular complexity index is 590. The fourth-order valence-electron chi connectivity index (χ4n) is 3.38. The molecule has 2 unspecified atom stereocenters. The van der Waals surface area contributed by atoms with Crippen LogP contribution in [0.3, 0.4) is 0 Å². The smallest absolute Gasteiger partial charge is 0.310 e. The van der Waals surface area contributed by atoms with Gasteiger partial charge in [0, 0.05) is 19.6 Å². The van der Waals surface area contributed by atoms with Gasteiger partial charge in [0.05, 0.1) is 39.3 Å². The number of rotatable bonds is 7. The van der Waals surface area contributed by atoms with Crippen LogP contribution < -0.4 is 5.32 Å². The number of likely N-dealkylation sites (tertiary alicyclic amines) is 1. The van der Waals surface area contributed by atoms with Gasteiger partial charge in [0.15, 0.2) is 0 Å². The highest BCUT2D eigenvalue weighted by atomic mass is 16.5. The maximum Gasteiger partial charge on any atom is 0.310 e. The molecule has 0 saturated carbocycles. The Morgan fingerprint density at radius 2 is 1.76 bits per heavy atom. The summed E-state index contributed by atoms with van der Waals surface area (Å²) in [4.78, 5) is 24.4. The second-order valence-corrected chi connectivity index (χ2v) is 7.06. The van der Waals surface area contributed by atoms with E-state index in [0.29, 0.717) is 13.2 Å². The number of hydrogen-bond donors (Lipinski definition) is 1. The van der Waals surface area contributed by atoms with Crippen LogP contribution in [0.15, 0.2) is 30.3 Å². The number of esters is 2. The third-order valence-electron chi connectivity index (χ3n) is 5.07. The number of nitrogens with one attached hydrogen (secondary N) is 1. The first-order chi connectivity index (χ1) is 13.6. The van der Waals surface area contributed by atoms with Crippen molar-refractivity contribution in [3.63, 3.8) is 0 Å². The predicted molar refractivity (Wildman–Crippen MR) is 112 cm³/mol. The van der Waals surface area contributed by atoms with E-state index in [1.165, 1.54) is 19.8 Å². The molecule has 0 amide bonds. The van der Waals surface area contributed by atoms with Crippen LogP contribution in [-0.4, -0.2) is 70.4 Å². The summed E-state index contributed by atoms with van der Waals surface area (Å²) in [7, 11) is 2.88. The topological polar surface area (TPSA) is 77.1 Å². The molecule has 0 aliphatic carbocycles. The molecule has 0 bridgehead atoms. The lowest BCUT2D eigenvalue weighted by Gasteiger charge is -2.15. The zero-order valence-corrected chi connectivity index (χ0v) is 16.9. The lowest BCUT2D eigenvalue weighted by Crippen LogP contribution is -2.27. The Labute approximate surface area is 174 Å². The van der Waals surface area contributed by atoms with E-state index in [-0.39, 0.29) is 31.2 Å². The molecule has 1 aromatic carbocycles. The van der Waals surface area contributed by atoms with Crippen molar-refractivity contribution in [3.05, 3.63) is 35.9 Å². The van der Waals surface area contributed by atoms with Crippen molar-refractivity contribution in [2.45, 2.75) is 26.9 Å². The molecule has 0 spiro atoms. The minimum Gasteiger partial charge on any atom is -0.469 e. The van der Waals surface area contributed by atoms with E-state index in [0.717, 1.165) is 45.6 Å². The summed E-state index contributed by atoms with van der Waals surface area (Å²) in [5, 5.41) is 3.09.